The Balaban J connectivity index is 1.92. The van der Waals surface area contributed by atoms with Gasteiger partial charge in [0.2, 0.25) is 0 Å². The molecule has 0 N–H and O–H groups in total. The number of hydrogen-bond acceptors (Lipinski definition) is 4. The Bertz CT molecular complexity index is 785. The van der Waals surface area contributed by atoms with Crippen LogP contribution in [0.25, 0.3) is 10.1 Å². The van der Waals surface area contributed by atoms with Gasteiger partial charge in [0.25, 0.3) is 11.5 Å². The first-order chi connectivity index (χ1) is 11.0. The van der Waals surface area contributed by atoms with E-state index in [1.807, 2.05) is 17.9 Å². The highest BCUT2D eigenvalue weighted by molar-refractivity contribution is 7.19. The average molecular weight is 333 g/mol. The third-order valence-electron chi connectivity index (χ3n) is 4.51. The number of thiophene rings is 1. The maximum atomic E-state index is 13.0. The Morgan fingerprint density at radius 3 is 2.61 bits per heavy atom. The lowest BCUT2D eigenvalue weighted by Crippen LogP contribution is -2.49. The van der Waals surface area contributed by atoms with Crippen molar-refractivity contribution in [2.75, 3.05) is 32.7 Å². The van der Waals surface area contributed by atoms with Gasteiger partial charge in [0.15, 0.2) is 0 Å². The summed E-state index contributed by atoms with van der Waals surface area (Å²) < 4.78 is 2.45. The number of aromatic nitrogens is 1. The number of piperazine rings is 1. The Kier molecular flexibility index (Phi) is 4.55. The molecular weight excluding hydrogens is 310 g/mol. The first kappa shape index (κ1) is 16.2. The van der Waals surface area contributed by atoms with Crippen LogP contribution >= 0.6 is 11.3 Å². The molecule has 124 valence electrons. The van der Waals surface area contributed by atoms with Crippen LogP contribution in [0.15, 0.2) is 17.1 Å². The van der Waals surface area contributed by atoms with Gasteiger partial charge in [-0.3, -0.25) is 14.5 Å². The van der Waals surface area contributed by atoms with Gasteiger partial charge in [-0.1, -0.05) is 6.92 Å². The fourth-order valence-corrected chi connectivity index (χ4v) is 4.27. The van der Waals surface area contributed by atoms with Crippen LogP contribution in [0.3, 0.4) is 0 Å². The Labute approximate surface area is 140 Å². The molecule has 0 atom stereocenters. The molecule has 0 radical (unpaired) electrons. The van der Waals surface area contributed by atoms with Crippen molar-refractivity contribution in [1.82, 2.24) is 14.4 Å². The number of pyridine rings is 1. The maximum Gasteiger partial charge on any atom is 0.259 e. The molecule has 0 spiro atoms. The Morgan fingerprint density at radius 1 is 1.26 bits per heavy atom. The van der Waals surface area contributed by atoms with E-state index in [0.717, 1.165) is 48.7 Å². The van der Waals surface area contributed by atoms with Crippen LogP contribution in [0, 0.1) is 6.92 Å². The summed E-state index contributed by atoms with van der Waals surface area (Å²) in [5.41, 5.74) is 0.523. The molecule has 2 aromatic rings. The zero-order valence-electron chi connectivity index (χ0n) is 14.0. The number of fused-ring (bicyclic) bond motifs is 1. The summed E-state index contributed by atoms with van der Waals surface area (Å²) in [5, 5.41) is 0.582. The molecule has 1 saturated heterocycles. The zero-order chi connectivity index (χ0) is 16.6. The quantitative estimate of drug-likeness (QED) is 0.864. The van der Waals surface area contributed by atoms with Crippen LogP contribution in [0.4, 0.5) is 0 Å². The molecule has 5 nitrogen and oxygen atoms in total. The molecule has 3 rings (SSSR count). The molecule has 0 aliphatic carbocycles. The van der Waals surface area contributed by atoms with Gasteiger partial charge in [-0.25, -0.2) is 0 Å². The van der Waals surface area contributed by atoms with Gasteiger partial charge in [0.1, 0.15) is 0 Å². The number of rotatable bonds is 3. The van der Waals surface area contributed by atoms with Gasteiger partial charge in [0, 0.05) is 49.0 Å². The van der Waals surface area contributed by atoms with Crippen molar-refractivity contribution in [3.05, 3.63) is 33.1 Å². The second kappa shape index (κ2) is 6.45. The van der Waals surface area contributed by atoms with Crippen LogP contribution in [0.5, 0.6) is 0 Å². The highest BCUT2D eigenvalue weighted by atomic mass is 32.1. The predicted molar refractivity (Wildman–Crippen MR) is 94.4 cm³/mol. The van der Waals surface area contributed by atoms with Gasteiger partial charge in [-0.15, -0.1) is 11.3 Å². The van der Waals surface area contributed by atoms with E-state index in [9.17, 15) is 9.59 Å². The van der Waals surface area contributed by atoms with Crippen LogP contribution in [0.1, 0.15) is 28.6 Å². The molecular formula is C17H23N3O2S. The molecule has 23 heavy (non-hydrogen) atoms. The summed E-state index contributed by atoms with van der Waals surface area (Å²) >= 11 is 1.53. The van der Waals surface area contributed by atoms with Gasteiger partial charge >= 0.3 is 0 Å². The summed E-state index contributed by atoms with van der Waals surface area (Å²) in [6.07, 6.45) is 2.90. The summed E-state index contributed by atoms with van der Waals surface area (Å²) in [4.78, 5) is 30.7. The lowest BCUT2D eigenvalue weighted by atomic mass is 10.1. The van der Waals surface area contributed by atoms with Crippen molar-refractivity contribution in [2.24, 2.45) is 7.05 Å². The van der Waals surface area contributed by atoms with E-state index in [0.29, 0.717) is 10.9 Å². The predicted octanol–water partition coefficient (Wildman–Crippen LogP) is 2.08. The van der Waals surface area contributed by atoms with Gasteiger partial charge in [-0.05, 0) is 26.0 Å². The average Bonchev–Trinajstić information content (AvgIpc) is 2.88. The maximum absolute atomic E-state index is 13.0. The number of aryl methyl sites for hydroxylation is 2. The number of nitrogens with zero attached hydrogens (tertiary/aromatic N) is 3. The Morgan fingerprint density at radius 2 is 1.96 bits per heavy atom. The minimum atomic E-state index is -0.0835. The van der Waals surface area contributed by atoms with Crippen LogP contribution in [-0.2, 0) is 7.05 Å². The molecule has 1 aliphatic rings. The van der Waals surface area contributed by atoms with Crippen molar-refractivity contribution < 1.29 is 4.79 Å². The molecule has 1 fully saturated rings. The second-order valence-electron chi connectivity index (χ2n) is 6.14. The standard InChI is InChI=1S/C17H23N3O2S/c1-4-6-19-8-10-20(11-9-19)17(22)14-12(2)23-13-5-7-18(3)16(21)15(13)14/h5,7H,4,6,8-11H2,1-3H3. The lowest BCUT2D eigenvalue weighted by molar-refractivity contribution is 0.0639. The fraction of sp³-hybridized carbons (Fsp3) is 0.529. The smallest absolute Gasteiger partial charge is 0.259 e. The first-order valence-corrected chi connectivity index (χ1v) is 8.95. The third kappa shape index (κ3) is 2.93. The van der Waals surface area contributed by atoms with E-state index in [1.165, 1.54) is 11.3 Å². The molecule has 1 aliphatic heterocycles. The fourth-order valence-electron chi connectivity index (χ4n) is 3.23. The number of amides is 1. The van der Waals surface area contributed by atoms with Crippen molar-refractivity contribution in [2.45, 2.75) is 20.3 Å². The molecule has 1 amide bonds. The number of carbonyl (C=O) groups is 1. The third-order valence-corrected chi connectivity index (χ3v) is 5.58. The Hall–Kier alpha value is -1.66. The highest BCUT2D eigenvalue weighted by Crippen LogP contribution is 2.29. The largest absolute Gasteiger partial charge is 0.336 e. The summed E-state index contributed by atoms with van der Waals surface area (Å²) in [6.45, 7) is 8.50. The topological polar surface area (TPSA) is 45.5 Å². The van der Waals surface area contributed by atoms with E-state index in [1.54, 1.807) is 17.8 Å². The second-order valence-corrected chi connectivity index (χ2v) is 7.39. The van der Waals surface area contributed by atoms with Crippen molar-refractivity contribution >= 4 is 27.3 Å². The van der Waals surface area contributed by atoms with Crippen LogP contribution in [0.2, 0.25) is 0 Å². The summed E-state index contributed by atoms with van der Waals surface area (Å²) in [6, 6.07) is 1.92. The van der Waals surface area contributed by atoms with E-state index in [4.69, 9.17) is 0 Å². The molecule has 0 unspecified atom stereocenters. The van der Waals surface area contributed by atoms with Gasteiger partial charge < -0.3 is 9.47 Å². The minimum Gasteiger partial charge on any atom is -0.336 e. The summed E-state index contributed by atoms with van der Waals surface area (Å²) in [7, 11) is 1.73. The monoisotopic (exact) mass is 333 g/mol. The minimum absolute atomic E-state index is 0.00759. The molecule has 0 saturated carbocycles. The number of carbonyl (C=O) groups excluding carboxylic acids is 1. The van der Waals surface area contributed by atoms with Gasteiger partial charge in [0.05, 0.1) is 10.9 Å². The normalized spacial score (nSPS) is 16.2. The van der Waals surface area contributed by atoms with E-state index in [-0.39, 0.29) is 11.5 Å². The molecule has 2 aromatic heterocycles. The van der Waals surface area contributed by atoms with Crippen molar-refractivity contribution in [3.8, 4) is 0 Å². The van der Waals surface area contributed by atoms with Gasteiger partial charge in [-0.2, -0.15) is 0 Å². The molecule has 0 aromatic carbocycles. The lowest BCUT2D eigenvalue weighted by Gasteiger charge is -2.34. The number of hydrogen-bond donors (Lipinski definition) is 0. The summed E-state index contributed by atoms with van der Waals surface area (Å²) in [5.74, 6) is 0.00759. The van der Waals surface area contributed by atoms with Crippen molar-refractivity contribution in [1.29, 1.82) is 0 Å². The molecule has 0 bridgehead atoms. The van der Waals surface area contributed by atoms with E-state index >= 15 is 0 Å². The first-order valence-electron chi connectivity index (χ1n) is 8.13. The van der Waals surface area contributed by atoms with Crippen LogP contribution < -0.4 is 5.56 Å². The molecule has 6 heteroatoms. The molecule has 3 heterocycles. The highest BCUT2D eigenvalue weighted by Gasteiger charge is 2.26. The zero-order valence-corrected chi connectivity index (χ0v) is 14.8. The van der Waals surface area contributed by atoms with Crippen molar-refractivity contribution in [3.63, 3.8) is 0 Å². The van der Waals surface area contributed by atoms with Crippen LogP contribution in [-0.4, -0.2) is 53.0 Å². The van der Waals surface area contributed by atoms with E-state index in [2.05, 4.69) is 11.8 Å². The van der Waals surface area contributed by atoms with E-state index < -0.39 is 0 Å². The SMILES string of the molecule is CCCN1CCN(C(=O)c2c(C)sc3ccn(C)c(=O)c23)CC1.